The minimum absolute atomic E-state index is 0.0394. The molecule has 0 spiro atoms. The molecule has 0 aliphatic carbocycles. The van der Waals surface area contributed by atoms with Gasteiger partial charge < -0.3 is 25.6 Å². The maximum atomic E-state index is 11.8. The van der Waals surface area contributed by atoms with Crippen molar-refractivity contribution in [3.63, 3.8) is 0 Å². The van der Waals surface area contributed by atoms with Gasteiger partial charge in [-0.25, -0.2) is 4.79 Å². The molecule has 2 heterocycles. The number of fused-ring (bicyclic) bond motifs is 1. The number of unbranched alkanes of at least 4 members (excludes halogenated alkanes) is 1. The summed E-state index contributed by atoms with van der Waals surface area (Å²) in [7, 11) is 4.01. The van der Waals surface area contributed by atoms with Crippen LogP contribution >= 0.6 is 11.8 Å². The van der Waals surface area contributed by atoms with Gasteiger partial charge in [-0.3, -0.25) is 4.79 Å². The molecule has 3 unspecified atom stereocenters. The number of hydrogen-bond donors (Lipinski definition) is 3. The van der Waals surface area contributed by atoms with Crippen molar-refractivity contribution in [2.45, 2.75) is 43.0 Å². The highest BCUT2D eigenvalue weighted by Crippen LogP contribution is 2.33. The Morgan fingerprint density at radius 1 is 1.33 bits per heavy atom. The fourth-order valence-corrected chi connectivity index (χ4v) is 4.52. The summed E-state index contributed by atoms with van der Waals surface area (Å²) in [4.78, 5) is 25.1. The molecule has 3 amide bonds. The maximum Gasteiger partial charge on any atom is 0.315 e. The molecule has 0 saturated carbocycles. The van der Waals surface area contributed by atoms with E-state index in [1.165, 1.54) is 0 Å². The topological polar surface area (TPSA) is 82.7 Å². The Labute approximate surface area is 148 Å². The SMILES string of the molecule is CN(C)CCOCCNC(=O)CCCCC1SCC2NC(=O)NC21. The number of amides is 3. The molecule has 0 aromatic heterocycles. The van der Waals surface area contributed by atoms with Gasteiger partial charge >= 0.3 is 6.03 Å². The van der Waals surface area contributed by atoms with E-state index in [0.29, 0.717) is 31.4 Å². The summed E-state index contributed by atoms with van der Waals surface area (Å²) in [5.74, 6) is 1.08. The zero-order valence-electron chi connectivity index (χ0n) is 14.7. The summed E-state index contributed by atoms with van der Waals surface area (Å²) in [6, 6.07) is 0.501. The minimum atomic E-state index is -0.0394. The molecule has 2 rings (SSSR count). The first-order chi connectivity index (χ1) is 11.6. The van der Waals surface area contributed by atoms with Crippen LogP contribution < -0.4 is 16.0 Å². The largest absolute Gasteiger partial charge is 0.378 e. The lowest BCUT2D eigenvalue weighted by Gasteiger charge is -2.16. The molecule has 2 saturated heterocycles. The third kappa shape index (κ3) is 6.49. The van der Waals surface area contributed by atoms with E-state index in [2.05, 4.69) is 20.9 Å². The fourth-order valence-electron chi connectivity index (χ4n) is 2.97. The van der Waals surface area contributed by atoms with Crippen LogP contribution in [0, 0.1) is 0 Å². The Hall–Kier alpha value is -0.990. The lowest BCUT2D eigenvalue weighted by molar-refractivity contribution is -0.121. The van der Waals surface area contributed by atoms with Gasteiger partial charge in [0.15, 0.2) is 0 Å². The van der Waals surface area contributed by atoms with Crippen molar-refractivity contribution in [1.82, 2.24) is 20.9 Å². The number of carbonyl (C=O) groups excluding carboxylic acids is 2. The van der Waals surface area contributed by atoms with Crippen LogP contribution in [0.4, 0.5) is 4.79 Å². The maximum absolute atomic E-state index is 11.8. The molecule has 24 heavy (non-hydrogen) atoms. The van der Waals surface area contributed by atoms with Crippen molar-refractivity contribution >= 4 is 23.7 Å². The second kappa shape index (κ2) is 10.1. The van der Waals surface area contributed by atoms with E-state index in [9.17, 15) is 9.59 Å². The average molecular weight is 359 g/mol. The van der Waals surface area contributed by atoms with E-state index < -0.39 is 0 Å². The van der Waals surface area contributed by atoms with Gasteiger partial charge in [0.25, 0.3) is 0 Å². The van der Waals surface area contributed by atoms with Crippen molar-refractivity contribution in [3.8, 4) is 0 Å². The fraction of sp³-hybridized carbons (Fsp3) is 0.875. The first-order valence-electron chi connectivity index (χ1n) is 8.74. The number of nitrogens with zero attached hydrogens (tertiary/aromatic N) is 1. The predicted molar refractivity (Wildman–Crippen MR) is 96.3 cm³/mol. The van der Waals surface area contributed by atoms with Crippen molar-refractivity contribution in [2.24, 2.45) is 0 Å². The molecule has 2 fully saturated rings. The standard InChI is InChI=1S/C16H30N4O3S/c1-20(2)8-10-23-9-7-17-14(21)6-4-3-5-13-15-12(11-24-13)18-16(22)19-15/h12-13,15H,3-11H2,1-2H3,(H,17,21)(H2,18,19,22). The molecular weight excluding hydrogens is 328 g/mol. The van der Waals surface area contributed by atoms with E-state index >= 15 is 0 Å². The monoisotopic (exact) mass is 358 g/mol. The Balaban J connectivity index is 1.44. The van der Waals surface area contributed by atoms with Gasteiger partial charge in [0, 0.05) is 30.5 Å². The Morgan fingerprint density at radius 3 is 2.96 bits per heavy atom. The van der Waals surface area contributed by atoms with Gasteiger partial charge in [-0.15, -0.1) is 0 Å². The second-order valence-electron chi connectivity index (χ2n) is 6.63. The number of nitrogens with one attached hydrogen (secondary N) is 3. The summed E-state index contributed by atoms with van der Waals surface area (Å²) in [5, 5.41) is 9.32. The second-order valence-corrected chi connectivity index (χ2v) is 7.91. The number of likely N-dealkylation sites (N-methyl/N-ethyl adjacent to an activating group) is 1. The smallest absolute Gasteiger partial charge is 0.315 e. The van der Waals surface area contributed by atoms with E-state index in [4.69, 9.17) is 4.74 Å². The summed E-state index contributed by atoms with van der Waals surface area (Å²) in [6.07, 6.45) is 3.52. The predicted octanol–water partition coefficient (Wildman–Crippen LogP) is 0.407. The van der Waals surface area contributed by atoms with Crippen LogP contribution in [0.25, 0.3) is 0 Å². The summed E-state index contributed by atoms with van der Waals surface area (Å²) >= 11 is 1.92. The van der Waals surface area contributed by atoms with Crippen LogP contribution in [0.5, 0.6) is 0 Å². The van der Waals surface area contributed by atoms with Crippen LogP contribution in [-0.2, 0) is 9.53 Å². The van der Waals surface area contributed by atoms with E-state index in [1.54, 1.807) is 0 Å². The number of thioether (sulfide) groups is 1. The van der Waals surface area contributed by atoms with Gasteiger partial charge in [-0.1, -0.05) is 6.42 Å². The molecule has 8 heteroatoms. The Morgan fingerprint density at radius 2 is 2.17 bits per heavy atom. The molecule has 2 aliphatic heterocycles. The Bertz CT molecular complexity index is 422. The summed E-state index contributed by atoms with van der Waals surface area (Å²) in [6.45, 7) is 2.72. The van der Waals surface area contributed by atoms with Gasteiger partial charge in [0.2, 0.25) is 5.91 Å². The molecular formula is C16H30N4O3S. The quantitative estimate of drug-likeness (QED) is 0.368. The normalized spacial score (nSPS) is 25.5. The molecule has 0 bridgehead atoms. The van der Waals surface area contributed by atoms with Crippen molar-refractivity contribution in [1.29, 1.82) is 0 Å². The first kappa shape index (κ1) is 19.3. The molecule has 0 radical (unpaired) electrons. The van der Waals surface area contributed by atoms with Gasteiger partial charge in [0.1, 0.15) is 0 Å². The highest BCUT2D eigenvalue weighted by atomic mass is 32.2. The molecule has 2 aliphatic rings. The van der Waals surface area contributed by atoms with Crippen molar-refractivity contribution < 1.29 is 14.3 Å². The van der Waals surface area contributed by atoms with Crippen molar-refractivity contribution in [2.75, 3.05) is 46.2 Å². The number of rotatable bonds is 11. The van der Waals surface area contributed by atoms with Gasteiger partial charge in [-0.2, -0.15) is 11.8 Å². The van der Waals surface area contributed by atoms with Crippen molar-refractivity contribution in [3.05, 3.63) is 0 Å². The van der Waals surface area contributed by atoms with E-state index in [0.717, 1.165) is 31.6 Å². The van der Waals surface area contributed by atoms with Crippen LogP contribution in [0.3, 0.4) is 0 Å². The zero-order chi connectivity index (χ0) is 17.4. The molecule has 3 N–H and O–H groups in total. The van der Waals surface area contributed by atoms with Crippen LogP contribution in [-0.4, -0.2) is 80.3 Å². The van der Waals surface area contributed by atoms with Crippen LogP contribution in [0.2, 0.25) is 0 Å². The Kier molecular flexibility index (Phi) is 8.14. The zero-order valence-corrected chi connectivity index (χ0v) is 15.5. The molecule has 3 atom stereocenters. The van der Waals surface area contributed by atoms with Gasteiger partial charge in [-0.05, 0) is 26.9 Å². The third-order valence-electron chi connectivity index (χ3n) is 4.33. The lowest BCUT2D eigenvalue weighted by atomic mass is 10.0. The van der Waals surface area contributed by atoms with Crippen LogP contribution in [0.15, 0.2) is 0 Å². The number of carbonyl (C=O) groups is 2. The lowest BCUT2D eigenvalue weighted by Crippen LogP contribution is -2.36. The van der Waals surface area contributed by atoms with E-state index in [-0.39, 0.29) is 24.0 Å². The molecule has 0 aromatic carbocycles. The van der Waals surface area contributed by atoms with Gasteiger partial charge in [0.05, 0.1) is 25.3 Å². The highest BCUT2D eigenvalue weighted by molar-refractivity contribution is 8.00. The summed E-state index contributed by atoms with van der Waals surface area (Å²) in [5.41, 5.74) is 0. The number of urea groups is 1. The molecule has 7 nitrogen and oxygen atoms in total. The highest BCUT2D eigenvalue weighted by Gasteiger charge is 2.42. The number of ether oxygens (including phenoxy) is 1. The number of hydrogen-bond acceptors (Lipinski definition) is 5. The van der Waals surface area contributed by atoms with E-state index in [1.807, 2.05) is 25.9 Å². The average Bonchev–Trinajstić information content (AvgIpc) is 3.06. The third-order valence-corrected chi connectivity index (χ3v) is 5.84. The molecule has 0 aromatic rings. The first-order valence-corrected chi connectivity index (χ1v) is 9.79. The molecule has 138 valence electrons. The summed E-state index contributed by atoms with van der Waals surface area (Å²) < 4.78 is 5.44. The minimum Gasteiger partial charge on any atom is -0.378 e. The van der Waals surface area contributed by atoms with Crippen LogP contribution in [0.1, 0.15) is 25.7 Å².